The maximum Gasteiger partial charge on any atom is 0.435 e. The molecule has 4 aromatic rings. The number of hydrogen-bond donors (Lipinski definition) is 0. The number of carbonyl (C=O) groups is 1. The van der Waals surface area contributed by atoms with Gasteiger partial charge in [0.1, 0.15) is 6.54 Å². The van der Waals surface area contributed by atoms with Crippen LogP contribution in [0.25, 0.3) is 33.1 Å². The first-order chi connectivity index (χ1) is 14.9. The summed E-state index contributed by atoms with van der Waals surface area (Å²) in [7, 11) is 0. The van der Waals surface area contributed by atoms with E-state index in [1.807, 2.05) is 6.07 Å². The predicted octanol–water partition coefficient (Wildman–Crippen LogP) is 4.89. The number of carbonyl (C=O) groups excluding carboxylic acids is 1. The number of benzene rings is 2. The van der Waals surface area contributed by atoms with Gasteiger partial charge in [-0.3, -0.25) is 4.79 Å². The molecule has 0 unspecified atom stereocenters. The molecule has 5 rings (SSSR count). The van der Waals surface area contributed by atoms with E-state index in [9.17, 15) is 18.0 Å². The van der Waals surface area contributed by atoms with Gasteiger partial charge in [0.15, 0.2) is 11.3 Å². The molecule has 1 amide bonds. The number of alkyl halides is 3. The minimum atomic E-state index is -4.69. The molecule has 3 heterocycles. The molecule has 0 radical (unpaired) electrons. The molecule has 1 saturated heterocycles. The van der Waals surface area contributed by atoms with E-state index < -0.39 is 11.9 Å². The lowest BCUT2D eigenvalue weighted by Gasteiger charge is -2.15. The Bertz CT molecular complexity index is 1270. The van der Waals surface area contributed by atoms with Gasteiger partial charge < -0.3 is 4.90 Å². The second-order valence-electron chi connectivity index (χ2n) is 7.66. The summed E-state index contributed by atoms with van der Waals surface area (Å²) in [6.45, 7) is 0.970. The maximum atomic E-state index is 14.1. The molecule has 2 aromatic carbocycles. The van der Waals surface area contributed by atoms with Crippen molar-refractivity contribution in [3.63, 3.8) is 0 Å². The first-order valence-corrected chi connectivity index (χ1v) is 10.1. The fourth-order valence-corrected chi connectivity index (χ4v) is 4.24. The van der Waals surface area contributed by atoms with E-state index >= 15 is 0 Å². The molecule has 1 aliphatic heterocycles. The van der Waals surface area contributed by atoms with E-state index in [1.165, 1.54) is 0 Å². The number of rotatable bonds is 3. The summed E-state index contributed by atoms with van der Waals surface area (Å²) < 4.78 is 43.3. The van der Waals surface area contributed by atoms with Crippen LogP contribution in [0.1, 0.15) is 18.5 Å². The van der Waals surface area contributed by atoms with Crippen LogP contribution in [-0.2, 0) is 17.5 Å². The summed E-state index contributed by atoms with van der Waals surface area (Å²) >= 11 is 0. The molecule has 2 aromatic heterocycles. The van der Waals surface area contributed by atoms with Crippen molar-refractivity contribution in [2.75, 3.05) is 13.1 Å². The largest absolute Gasteiger partial charge is 0.435 e. The van der Waals surface area contributed by atoms with Crippen LogP contribution in [0, 0.1) is 0 Å². The van der Waals surface area contributed by atoms with Gasteiger partial charge in [-0.1, -0.05) is 48.5 Å². The second-order valence-corrected chi connectivity index (χ2v) is 7.66. The molecule has 1 fully saturated rings. The number of pyridine rings is 1. The zero-order valence-electron chi connectivity index (χ0n) is 16.6. The van der Waals surface area contributed by atoms with Gasteiger partial charge in [-0.05, 0) is 24.5 Å². The third kappa shape index (κ3) is 3.41. The molecule has 8 heteroatoms. The Kier molecular flexibility index (Phi) is 4.64. The van der Waals surface area contributed by atoms with Crippen LogP contribution in [0.2, 0.25) is 0 Å². The Morgan fingerprint density at radius 3 is 2.35 bits per heavy atom. The van der Waals surface area contributed by atoms with E-state index in [2.05, 4.69) is 10.1 Å². The van der Waals surface area contributed by atoms with Crippen LogP contribution in [0.5, 0.6) is 0 Å². The van der Waals surface area contributed by atoms with E-state index in [-0.39, 0.29) is 23.5 Å². The van der Waals surface area contributed by atoms with Crippen molar-refractivity contribution in [3.8, 4) is 11.1 Å². The van der Waals surface area contributed by atoms with E-state index in [1.54, 1.807) is 53.4 Å². The van der Waals surface area contributed by atoms with Gasteiger partial charge in [0.2, 0.25) is 5.91 Å². The summed E-state index contributed by atoms with van der Waals surface area (Å²) in [5.74, 6) is -0.244. The standard InChI is InChI=1S/C23H19F3N4O/c24-23(25,26)21-20-19(15-8-2-1-3-9-15)16-10-4-5-11-17(16)27-22(20)30(28-21)14-18(31)29-12-6-7-13-29/h1-5,8-11H,6-7,12-14H2. The number of hydrogen-bond acceptors (Lipinski definition) is 3. The van der Waals surface area contributed by atoms with Gasteiger partial charge in [-0.15, -0.1) is 0 Å². The first kappa shape index (κ1) is 19.5. The van der Waals surface area contributed by atoms with Gasteiger partial charge in [0, 0.05) is 24.0 Å². The fraction of sp³-hybridized carbons (Fsp3) is 0.261. The number of amides is 1. The third-order valence-electron chi connectivity index (χ3n) is 5.65. The number of para-hydroxylation sites is 1. The van der Waals surface area contributed by atoms with Crippen molar-refractivity contribution in [1.29, 1.82) is 0 Å². The Hall–Kier alpha value is -3.42. The summed E-state index contributed by atoms with van der Waals surface area (Å²) in [4.78, 5) is 18.9. The van der Waals surface area contributed by atoms with Gasteiger partial charge in [0.25, 0.3) is 0 Å². The molecule has 0 saturated carbocycles. The smallest absolute Gasteiger partial charge is 0.341 e. The first-order valence-electron chi connectivity index (χ1n) is 10.1. The normalized spacial score (nSPS) is 14.6. The Morgan fingerprint density at radius 1 is 0.968 bits per heavy atom. The summed E-state index contributed by atoms with van der Waals surface area (Å²) in [6.07, 6.45) is -2.88. The van der Waals surface area contributed by atoms with Crippen LogP contribution >= 0.6 is 0 Å². The van der Waals surface area contributed by atoms with Crippen molar-refractivity contribution in [1.82, 2.24) is 19.7 Å². The third-order valence-corrected chi connectivity index (χ3v) is 5.65. The minimum absolute atomic E-state index is 0.0671. The van der Waals surface area contributed by atoms with Crippen molar-refractivity contribution >= 4 is 27.8 Å². The Labute approximate surface area is 176 Å². The number of halogens is 3. The monoisotopic (exact) mass is 424 g/mol. The average molecular weight is 424 g/mol. The van der Waals surface area contributed by atoms with Crippen molar-refractivity contribution in [2.45, 2.75) is 25.6 Å². The van der Waals surface area contributed by atoms with Crippen molar-refractivity contribution in [3.05, 3.63) is 60.3 Å². The number of nitrogens with zero attached hydrogens (tertiary/aromatic N) is 4. The van der Waals surface area contributed by atoms with Crippen molar-refractivity contribution < 1.29 is 18.0 Å². The zero-order chi connectivity index (χ0) is 21.6. The van der Waals surface area contributed by atoms with Gasteiger partial charge in [-0.2, -0.15) is 18.3 Å². The SMILES string of the molecule is O=C(Cn1nc(C(F)(F)F)c2c(-c3ccccc3)c3ccccc3nc21)N1CCCC1. The molecular formula is C23H19F3N4O. The van der Waals surface area contributed by atoms with Gasteiger partial charge >= 0.3 is 6.18 Å². The average Bonchev–Trinajstić information content (AvgIpc) is 3.41. The molecule has 0 atom stereocenters. The number of aromatic nitrogens is 3. The van der Waals surface area contributed by atoms with Crippen LogP contribution in [0.3, 0.4) is 0 Å². The topological polar surface area (TPSA) is 51.0 Å². The number of fused-ring (bicyclic) bond motifs is 2. The summed E-state index contributed by atoms with van der Waals surface area (Å²) in [5.41, 5.74) is 0.666. The molecule has 1 aliphatic rings. The second kappa shape index (κ2) is 7.37. The van der Waals surface area contributed by atoms with Crippen LogP contribution in [0.15, 0.2) is 54.6 Å². The molecule has 0 aliphatic carbocycles. The van der Waals surface area contributed by atoms with E-state index in [0.29, 0.717) is 35.1 Å². The predicted molar refractivity (Wildman–Crippen MR) is 111 cm³/mol. The quantitative estimate of drug-likeness (QED) is 0.470. The lowest BCUT2D eigenvalue weighted by Crippen LogP contribution is -2.31. The summed E-state index contributed by atoms with van der Waals surface area (Å²) in [6, 6.07) is 16.0. The van der Waals surface area contributed by atoms with Gasteiger partial charge in [-0.25, -0.2) is 9.67 Å². The molecule has 158 valence electrons. The highest BCUT2D eigenvalue weighted by Crippen LogP contribution is 2.41. The van der Waals surface area contributed by atoms with E-state index in [4.69, 9.17) is 0 Å². The minimum Gasteiger partial charge on any atom is -0.341 e. The maximum absolute atomic E-state index is 14.1. The van der Waals surface area contributed by atoms with E-state index in [0.717, 1.165) is 17.5 Å². The highest BCUT2D eigenvalue weighted by Gasteiger charge is 2.39. The number of likely N-dealkylation sites (tertiary alicyclic amines) is 1. The van der Waals surface area contributed by atoms with Crippen LogP contribution in [0.4, 0.5) is 13.2 Å². The van der Waals surface area contributed by atoms with Crippen LogP contribution < -0.4 is 0 Å². The summed E-state index contributed by atoms with van der Waals surface area (Å²) in [5, 5.41) is 4.39. The molecular weight excluding hydrogens is 405 g/mol. The highest BCUT2D eigenvalue weighted by atomic mass is 19.4. The Balaban J connectivity index is 1.81. The van der Waals surface area contributed by atoms with Crippen LogP contribution in [-0.4, -0.2) is 38.7 Å². The highest BCUT2D eigenvalue weighted by molar-refractivity contribution is 6.10. The van der Waals surface area contributed by atoms with Gasteiger partial charge in [0.05, 0.1) is 10.9 Å². The van der Waals surface area contributed by atoms with Crippen molar-refractivity contribution in [2.24, 2.45) is 0 Å². The zero-order valence-corrected chi connectivity index (χ0v) is 16.6. The molecule has 0 N–H and O–H groups in total. The molecule has 0 bridgehead atoms. The Morgan fingerprint density at radius 2 is 1.65 bits per heavy atom. The molecule has 0 spiro atoms. The lowest BCUT2D eigenvalue weighted by molar-refractivity contribution is -0.141. The lowest BCUT2D eigenvalue weighted by atomic mass is 9.97. The fourth-order valence-electron chi connectivity index (χ4n) is 4.24. The molecule has 5 nitrogen and oxygen atoms in total. The molecule has 31 heavy (non-hydrogen) atoms.